The summed E-state index contributed by atoms with van der Waals surface area (Å²) >= 11 is 0. The second-order valence-corrected chi connectivity index (χ2v) is 6.99. The Morgan fingerprint density at radius 1 is 1.20 bits per heavy atom. The van der Waals surface area contributed by atoms with Crippen LogP contribution in [0.5, 0.6) is 0 Å². The molecule has 1 aliphatic rings. The van der Waals surface area contributed by atoms with E-state index in [2.05, 4.69) is 20.4 Å². The molecule has 0 amide bonds. The first kappa shape index (κ1) is 20.3. The minimum atomic E-state index is -4.44. The fraction of sp³-hybridized carbons (Fsp3) is 0.350. The van der Waals surface area contributed by atoms with Gasteiger partial charge in [0.25, 0.3) is 0 Å². The molecule has 0 aliphatic carbocycles. The van der Waals surface area contributed by atoms with Gasteiger partial charge in [-0.3, -0.25) is 4.68 Å². The first-order valence-corrected chi connectivity index (χ1v) is 9.38. The molecule has 1 fully saturated rings. The van der Waals surface area contributed by atoms with Gasteiger partial charge >= 0.3 is 6.18 Å². The summed E-state index contributed by atoms with van der Waals surface area (Å²) in [4.78, 5) is 8.47. The molecule has 30 heavy (non-hydrogen) atoms. The quantitative estimate of drug-likeness (QED) is 0.678. The summed E-state index contributed by atoms with van der Waals surface area (Å²) in [6.07, 6.45) is 0.167. The maximum Gasteiger partial charge on any atom is 0.416 e. The molecule has 0 saturated carbocycles. The Balaban J connectivity index is 1.52. The lowest BCUT2D eigenvalue weighted by atomic mass is 10.1. The molecule has 1 aliphatic heterocycles. The molecule has 1 saturated heterocycles. The van der Waals surface area contributed by atoms with Crippen LogP contribution < -0.4 is 5.32 Å². The molecule has 0 bridgehead atoms. The molecule has 3 aromatic heterocycles. The lowest BCUT2D eigenvalue weighted by molar-refractivity contribution is -0.137. The van der Waals surface area contributed by atoms with E-state index < -0.39 is 11.7 Å². The number of ether oxygens (including phenoxy) is 2. The minimum absolute atomic E-state index is 0.0545. The van der Waals surface area contributed by atoms with Crippen LogP contribution in [-0.2, 0) is 22.2 Å². The van der Waals surface area contributed by atoms with Gasteiger partial charge in [0.05, 0.1) is 43.8 Å². The van der Waals surface area contributed by atoms with Crippen molar-refractivity contribution in [3.05, 3.63) is 54.0 Å². The zero-order chi connectivity index (χ0) is 21.1. The molecule has 10 heteroatoms. The van der Waals surface area contributed by atoms with Gasteiger partial charge < -0.3 is 14.8 Å². The highest BCUT2D eigenvalue weighted by atomic mass is 19.4. The van der Waals surface area contributed by atoms with Crippen molar-refractivity contribution in [1.82, 2.24) is 19.7 Å². The number of pyridine rings is 2. The molecule has 1 unspecified atom stereocenters. The number of alkyl halides is 3. The maximum absolute atomic E-state index is 12.9. The van der Waals surface area contributed by atoms with Crippen molar-refractivity contribution in [2.75, 3.05) is 25.1 Å². The van der Waals surface area contributed by atoms with Gasteiger partial charge in [0.15, 0.2) is 0 Å². The summed E-state index contributed by atoms with van der Waals surface area (Å²) in [5.74, 6) is 0.465. The van der Waals surface area contributed by atoms with Crippen LogP contribution in [0.1, 0.15) is 11.1 Å². The summed E-state index contributed by atoms with van der Waals surface area (Å²) < 4.78 is 51.6. The van der Waals surface area contributed by atoms with Crippen molar-refractivity contribution in [3.8, 4) is 11.3 Å². The Labute approximate surface area is 170 Å². The van der Waals surface area contributed by atoms with Gasteiger partial charge in [0.1, 0.15) is 17.7 Å². The predicted octanol–water partition coefficient (Wildman–Crippen LogP) is 3.83. The number of aromatic nitrogens is 4. The van der Waals surface area contributed by atoms with E-state index >= 15 is 0 Å². The number of halogens is 3. The standard InChI is InChI=1S/C20H20F3N5O2/c1-13-6-17(14-9-25-28(10-14)11-16-12-29-4-5-30-16)26-19(7-13)27-18-8-15(2-3-24-18)20(21,22)23/h2-3,6-10,16H,4-5,11-12H2,1H3,(H,24,26,27). The van der Waals surface area contributed by atoms with Crippen LogP contribution in [0.15, 0.2) is 42.9 Å². The summed E-state index contributed by atoms with van der Waals surface area (Å²) in [6, 6.07) is 5.50. The third kappa shape index (κ3) is 4.95. The summed E-state index contributed by atoms with van der Waals surface area (Å²) in [6.45, 7) is 4.13. The first-order chi connectivity index (χ1) is 14.4. The Hall–Kier alpha value is -2.98. The van der Waals surface area contributed by atoms with E-state index in [4.69, 9.17) is 9.47 Å². The number of nitrogens with one attached hydrogen (secondary N) is 1. The van der Waals surface area contributed by atoms with Crippen molar-refractivity contribution >= 4 is 11.6 Å². The lowest BCUT2D eigenvalue weighted by Gasteiger charge is -2.22. The van der Waals surface area contributed by atoms with Crippen LogP contribution in [0.2, 0.25) is 0 Å². The molecule has 4 rings (SSSR count). The van der Waals surface area contributed by atoms with Gasteiger partial charge in [-0.25, -0.2) is 9.97 Å². The van der Waals surface area contributed by atoms with Crippen LogP contribution >= 0.6 is 0 Å². The molecule has 1 atom stereocenters. The van der Waals surface area contributed by atoms with Crippen molar-refractivity contribution in [2.45, 2.75) is 25.7 Å². The van der Waals surface area contributed by atoms with Crippen molar-refractivity contribution in [3.63, 3.8) is 0 Å². The number of hydrogen-bond acceptors (Lipinski definition) is 6. The SMILES string of the molecule is Cc1cc(Nc2cc(C(F)(F)F)ccn2)nc(-c2cnn(CC3COCCO3)c2)c1. The highest BCUT2D eigenvalue weighted by molar-refractivity contribution is 5.63. The normalized spacial score (nSPS) is 17.1. The number of aryl methyl sites for hydroxylation is 1. The molecule has 0 aromatic carbocycles. The summed E-state index contributed by atoms with van der Waals surface area (Å²) in [5, 5.41) is 7.21. The van der Waals surface area contributed by atoms with Gasteiger partial charge in [0, 0.05) is 18.0 Å². The Kier molecular flexibility index (Phi) is 5.69. The predicted molar refractivity (Wildman–Crippen MR) is 103 cm³/mol. The molecule has 7 nitrogen and oxygen atoms in total. The zero-order valence-corrected chi connectivity index (χ0v) is 16.2. The number of hydrogen-bond donors (Lipinski definition) is 1. The summed E-state index contributed by atoms with van der Waals surface area (Å²) in [7, 11) is 0. The Morgan fingerprint density at radius 3 is 2.83 bits per heavy atom. The van der Waals surface area contributed by atoms with Crippen molar-refractivity contribution < 1.29 is 22.6 Å². The van der Waals surface area contributed by atoms with Crippen LogP contribution in [0.25, 0.3) is 11.3 Å². The molecule has 1 N–H and O–H groups in total. The topological polar surface area (TPSA) is 74.1 Å². The molecule has 0 radical (unpaired) electrons. The minimum Gasteiger partial charge on any atom is -0.376 e. The van der Waals surface area contributed by atoms with Crippen LogP contribution in [0.3, 0.4) is 0 Å². The van der Waals surface area contributed by atoms with E-state index in [1.807, 2.05) is 19.2 Å². The molecular formula is C20H20F3N5O2. The third-order valence-electron chi connectivity index (χ3n) is 4.52. The maximum atomic E-state index is 12.9. The van der Waals surface area contributed by atoms with Gasteiger partial charge in [-0.2, -0.15) is 18.3 Å². The average molecular weight is 419 g/mol. The molecule has 4 heterocycles. The van der Waals surface area contributed by atoms with E-state index in [0.717, 1.165) is 29.5 Å². The molecular weight excluding hydrogens is 399 g/mol. The van der Waals surface area contributed by atoms with E-state index in [-0.39, 0.29) is 11.9 Å². The zero-order valence-electron chi connectivity index (χ0n) is 16.2. The fourth-order valence-electron chi connectivity index (χ4n) is 3.13. The van der Waals surface area contributed by atoms with Gasteiger partial charge in [-0.05, 0) is 36.8 Å². The number of rotatable bonds is 5. The second kappa shape index (κ2) is 8.41. The van der Waals surface area contributed by atoms with Crippen LogP contribution in [0.4, 0.5) is 24.8 Å². The van der Waals surface area contributed by atoms with Gasteiger partial charge in [0.2, 0.25) is 0 Å². The molecule has 3 aromatic rings. The lowest BCUT2D eigenvalue weighted by Crippen LogP contribution is -2.32. The average Bonchev–Trinajstić information content (AvgIpc) is 3.16. The van der Waals surface area contributed by atoms with Gasteiger partial charge in [-0.1, -0.05) is 0 Å². The van der Waals surface area contributed by atoms with Gasteiger partial charge in [-0.15, -0.1) is 0 Å². The highest BCUT2D eigenvalue weighted by Crippen LogP contribution is 2.30. The highest BCUT2D eigenvalue weighted by Gasteiger charge is 2.30. The third-order valence-corrected chi connectivity index (χ3v) is 4.52. The first-order valence-electron chi connectivity index (χ1n) is 9.38. The van der Waals surface area contributed by atoms with Crippen LogP contribution in [-0.4, -0.2) is 45.7 Å². The largest absolute Gasteiger partial charge is 0.416 e. The summed E-state index contributed by atoms with van der Waals surface area (Å²) in [5.41, 5.74) is 1.56. The molecule has 0 spiro atoms. The Bertz CT molecular complexity index is 1020. The van der Waals surface area contributed by atoms with Crippen LogP contribution in [0, 0.1) is 6.92 Å². The van der Waals surface area contributed by atoms with E-state index in [0.29, 0.717) is 37.9 Å². The van der Waals surface area contributed by atoms with E-state index in [1.54, 1.807) is 16.9 Å². The number of anilines is 2. The fourth-order valence-corrected chi connectivity index (χ4v) is 3.13. The molecule has 158 valence electrons. The van der Waals surface area contributed by atoms with Crippen molar-refractivity contribution in [2.24, 2.45) is 0 Å². The van der Waals surface area contributed by atoms with E-state index in [9.17, 15) is 13.2 Å². The van der Waals surface area contributed by atoms with E-state index in [1.165, 1.54) is 0 Å². The monoisotopic (exact) mass is 419 g/mol. The Morgan fingerprint density at radius 2 is 2.07 bits per heavy atom. The van der Waals surface area contributed by atoms with Crippen molar-refractivity contribution in [1.29, 1.82) is 0 Å². The smallest absolute Gasteiger partial charge is 0.376 e. The second-order valence-electron chi connectivity index (χ2n) is 6.99. The number of nitrogens with zero attached hydrogens (tertiary/aromatic N) is 4.